The molecule has 6 nitrogen and oxygen atoms in total. The van der Waals surface area contributed by atoms with Crippen molar-refractivity contribution >= 4 is 11.8 Å². The fraction of sp³-hybridized carbons (Fsp3) is 0.619. The van der Waals surface area contributed by atoms with Crippen molar-refractivity contribution in [2.75, 3.05) is 26.8 Å². The molecule has 27 heavy (non-hydrogen) atoms. The Balaban J connectivity index is 1.73. The highest BCUT2D eigenvalue weighted by Crippen LogP contribution is 2.39. The number of aryl methyl sites for hydroxylation is 1. The molecule has 2 atom stereocenters. The lowest BCUT2D eigenvalue weighted by Gasteiger charge is -2.56. The minimum atomic E-state index is -0.319. The number of benzene rings is 1. The number of rotatable bonds is 4. The fourth-order valence-electron chi connectivity index (χ4n) is 4.64. The quantitative estimate of drug-likeness (QED) is 0.813. The highest BCUT2D eigenvalue weighted by atomic mass is 16.5. The molecule has 0 aromatic heterocycles. The second-order valence-electron chi connectivity index (χ2n) is 7.82. The zero-order valence-corrected chi connectivity index (χ0v) is 16.8. The third-order valence-electron chi connectivity index (χ3n) is 6.03. The maximum Gasteiger partial charge on any atom is 0.261 e. The third-order valence-corrected chi connectivity index (χ3v) is 6.03. The van der Waals surface area contributed by atoms with Crippen molar-refractivity contribution in [2.24, 2.45) is 0 Å². The van der Waals surface area contributed by atoms with Gasteiger partial charge in [-0.05, 0) is 57.2 Å². The Bertz CT molecular complexity index is 720. The molecule has 2 aliphatic heterocycles. The predicted octanol–water partition coefficient (Wildman–Crippen LogP) is 2.77. The Hall–Kier alpha value is -2.24. The fourth-order valence-corrected chi connectivity index (χ4v) is 4.64. The summed E-state index contributed by atoms with van der Waals surface area (Å²) in [5, 5.41) is 0. The molecule has 0 saturated carbocycles. The monoisotopic (exact) mass is 374 g/mol. The van der Waals surface area contributed by atoms with Gasteiger partial charge in [0.1, 0.15) is 0 Å². The van der Waals surface area contributed by atoms with Gasteiger partial charge < -0.3 is 19.3 Å². The van der Waals surface area contributed by atoms with Crippen LogP contribution in [0.5, 0.6) is 11.5 Å². The molecule has 1 aromatic rings. The third kappa shape index (κ3) is 3.75. The molecule has 2 saturated heterocycles. The van der Waals surface area contributed by atoms with E-state index in [-0.39, 0.29) is 30.0 Å². The molecule has 1 aromatic carbocycles. The van der Waals surface area contributed by atoms with Gasteiger partial charge in [-0.2, -0.15) is 0 Å². The highest BCUT2D eigenvalue weighted by molar-refractivity contribution is 5.79. The first kappa shape index (κ1) is 19.5. The van der Waals surface area contributed by atoms with Crippen molar-refractivity contribution in [1.82, 2.24) is 9.80 Å². The molecule has 2 aliphatic rings. The number of methoxy groups -OCH3 is 1. The van der Waals surface area contributed by atoms with E-state index in [0.717, 1.165) is 37.8 Å². The van der Waals surface area contributed by atoms with Crippen LogP contribution in [0.1, 0.15) is 45.1 Å². The molecule has 0 spiro atoms. The Labute approximate surface area is 161 Å². The van der Waals surface area contributed by atoms with Crippen LogP contribution in [0.2, 0.25) is 0 Å². The van der Waals surface area contributed by atoms with Crippen LogP contribution in [-0.4, -0.2) is 60.0 Å². The van der Waals surface area contributed by atoms with Gasteiger partial charge in [0.05, 0.1) is 18.7 Å². The highest BCUT2D eigenvalue weighted by Gasteiger charge is 2.49. The zero-order chi connectivity index (χ0) is 19.6. The molecule has 0 N–H and O–H groups in total. The number of carbonyl (C=O) groups excluding carboxylic acids is 2. The van der Waals surface area contributed by atoms with Crippen molar-refractivity contribution in [2.45, 2.75) is 58.0 Å². The SMILES string of the molecule is COc1cc(C)ccc1OCC(=O)N1CCC[C@@H]2N(C(C)=O)CCC[C@@]21C. The summed E-state index contributed by atoms with van der Waals surface area (Å²) in [6, 6.07) is 5.76. The average Bonchev–Trinajstić information content (AvgIpc) is 2.64. The van der Waals surface area contributed by atoms with E-state index in [2.05, 4.69) is 6.92 Å². The van der Waals surface area contributed by atoms with E-state index in [0.29, 0.717) is 18.0 Å². The number of hydrogen-bond donors (Lipinski definition) is 0. The average molecular weight is 374 g/mol. The first-order valence-electron chi connectivity index (χ1n) is 9.72. The van der Waals surface area contributed by atoms with E-state index in [1.165, 1.54) is 0 Å². The molecule has 3 rings (SSSR count). The van der Waals surface area contributed by atoms with E-state index in [1.54, 1.807) is 14.0 Å². The lowest BCUT2D eigenvalue weighted by molar-refractivity contribution is -0.156. The van der Waals surface area contributed by atoms with Crippen molar-refractivity contribution in [3.05, 3.63) is 23.8 Å². The molecule has 6 heteroatoms. The largest absolute Gasteiger partial charge is 0.493 e. The summed E-state index contributed by atoms with van der Waals surface area (Å²) >= 11 is 0. The summed E-state index contributed by atoms with van der Waals surface area (Å²) < 4.78 is 11.2. The van der Waals surface area contributed by atoms with Gasteiger partial charge in [0.2, 0.25) is 5.91 Å². The summed E-state index contributed by atoms with van der Waals surface area (Å²) in [6.45, 7) is 7.20. The molecule has 0 radical (unpaired) electrons. The Morgan fingerprint density at radius 2 is 2.00 bits per heavy atom. The van der Waals surface area contributed by atoms with Gasteiger partial charge in [-0.3, -0.25) is 9.59 Å². The van der Waals surface area contributed by atoms with Gasteiger partial charge in [0, 0.05) is 20.0 Å². The summed E-state index contributed by atoms with van der Waals surface area (Å²) in [4.78, 5) is 29.0. The van der Waals surface area contributed by atoms with Crippen LogP contribution in [0.15, 0.2) is 18.2 Å². The lowest BCUT2D eigenvalue weighted by Crippen LogP contribution is -2.68. The standard InChI is InChI=1S/C21H30N2O4/c1-15-8-9-17(18(13-15)26-4)27-14-20(25)23-12-5-7-19-21(23,3)10-6-11-22(19)16(2)24/h8-9,13,19H,5-7,10-12,14H2,1-4H3/t19-,21-/m0/s1. The number of nitrogens with zero attached hydrogens (tertiary/aromatic N) is 2. The van der Waals surface area contributed by atoms with Crippen molar-refractivity contribution in [3.63, 3.8) is 0 Å². The molecule has 2 fully saturated rings. The minimum absolute atomic E-state index is 0.0260. The van der Waals surface area contributed by atoms with Crippen LogP contribution in [0.3, 0.4) is 0 Å². The van der Waals surface area contributed by atoms with Crippen LogP contribution in [0.25, 0.3) is 0 Å². The maximum atomic E-state index is 13.0. The number of ether oxygens (including phenoxy) is 2. The number of carbonyl (C=O) groups is 2. The molecule has 0 unspecified atom stereocenters. The van der Waals surface area contributed by atoms with Crippen LogP contribution in [0, 0.1) is 6.92 Å². The van der Waals surface area contributed by atoms with Gasteiger partial charge in [-0.15, -0.1) is 0 Å². The van der Waals surface area contributed by atoms with E-state index in [4.69, 9.17) is 9.47 Å². The molecule has 2 amide bonds. The van der Waals surface area contributed by atoms with Gasteiger partial charge in [-0.1, -0.05) is 6.07 Å². The maximum absolute atomic E-state index is 13.0. The number of hydrogen-bond acceptors (Lipinski definition) is 4. The number of amides is 2. The number of likely N-dealkylation sites (tertiary alicyclic amines) is 2. The Morgan fingerprint density at radius 3 is 2.70 bits per heavy atom. The van der Waals surface area contributed by atoms with Gasteiger partial charge >= 0.3 is 0 Å². The summed E-state index contributed by atoms with van der Waals surface area (Å²) in [7, 11) is 1.60. The van der Waals surface area contributed by atoms with Gasteiger partial charge in [0.25, 0.3) is 5.91 Å². The first-order chi connectivity index (χ1) is 12.9. The summed E-state index contributed by atoms with van der Waals surface area (Å²) in [5.74, 6) is 1.27. The summed E-state index contributed by atoms with van der Waals surface area (Å²) in [5.41, 5.74) is 0.753. The normalized spacial score (nSPS) is 25.0. The zero-order valence-electron chi connectivity index (χ0n) is 16.8. The van der Waals surface area contributed by atoms with E-state index in [1.807, 2.05) is 34.9 Å². The van der Waals surface area contributed by atoms with Crippen LogP contribution < -0.4 is 9.47 Å². The summed E-state index contributed by atoms with van der Waals surface area (Å²) in [6.07, 6.45) is 3.69. The van der Waals surface area contributed by atoms with Crippen molar-refractivity contribution in [1.29, 1.82) is 0 Å². The van der Waals surface area contributed by atoms with E-state index < -0.39 is 0 Å². The number of piperidine rings is 2. The second-order valence-corrected chi connectivity index (χ2v) is 7.82. The van der Waals surface area contributed by atoms with Crippen molar-refractivity contribution < 1.29 is 19.1 Å². The van der Waals surface area contributed by atoms with Crippen molar-refractivity contribution in [3.8, 4) is 11.5 Å². The minimum Gasteiger partial charge on any atom is -0.493 e. The topological polar surface area (TPSA) is 59.1 Å². The predicted molar refractivity (Wildman–Crippen MR) is 103 cm³/mol. The molecule has 148 valence electrons. The second kappa shape index (κ2) is 7.79. The lowest BCUT2D eigenvalue weighted by atomic mass is 9.76. The molecule has 0 aliphatic carbocycles. The molecule has 2 heterocycles. The Kier molecular flexibility index (Phi) is 5.63. The molecular formula is C21H30N2O4. The Morgan fingerprint density at radius 1 is 1.22 bits per heavy atom. The smallest absolute Gasteiger partial charge is 0.261 e. The van der Waals surface area contributed by atoms with Gasteiger partial charge in [0.15, 0.2) is 18.1 Å². The van der Waals surface area contributed by atoms with Crippen LogP contribution in [0.4, 0.5) is 0 Å². The first-order valence-corrected chi connectivity index (χ1v) is 9.72. The van der Waals surface area contributed by atoms with E-state index in [9.17, 15) is 9.59 Å². The molecular weight excluding hydrogens is 344 g/mol. The molecule has 0 bridgehead atoms. The van der Waals surface area contributed by atoms with Gasteiger partial charge in [-0.25, -0.2) is 0 Å². The van der Waals surface area contributed by atoms with Crippen LogP contribution >= 0.6 is 0 Å². The number of fused-ring (bicyclic) bond motifs is 1. The van der Waals surface area contributed by atoms with Crippen LogP contribution in [-0.2, 0) is 9.59 Å². The van der Waals surface area contributed by atoms with E-state index >= 15 is 0 Å².